The van der Waals surface area contributed by atoms with E-state index in [9.17, 15) is 14.4 Å². The fraction of sp³-hybridized carbons (Fsp3) is 0.214. The number of aryl methyl sites for hydroxylation is 2. The van der Waals surface area contributed by atoms with Crippen molar-refractivity contribution < 1.29 is 23.9 Å². The maximum absolute atomic E-state index is 12.4. The highest BCUT2D eigenvalue weighted by molar-refractivity contribution is 6.39. The average Bonchev–Trinajstić information content (AvgIpc) is 2.89. The van der Waals surface area contributed by atoms with Crippen molar-refractivity contribution in [2.45, 2.75) is 27.2 Å². The van der Waals surface area contributed by atoms with Crippen molar-refractivity contribution in [3.8, 4) is 11.5 Å². The molecule has 0 unspecified atom stereocenters. The summed E-state index contributed by atoms with van der Waals surface area (Å²) in [6.07, 6.45) is 2.15. The SMILES string of the molecule is CCCOc1ccc(NC(=O)C(=O)N/N=C\c2cc(Cl)ccc2OCC(=O)Nc2ccc(C)cc2C)cc1. The number of hydrazone groups is 1. The second kappa shape index (κ2) is 13.8. The van der Waals surface area contributed by atoms with Crippen molar-refractivity contribution >= 4 is 46.9 Å². The Labute approximate surface area is 226 Å². The lowest BCUT2D eigenvalue weighted by Gasteiger charge is -2.12. The highest BCUT2D eigenvalue weighted by Gasteiger charge is 2.13. The average molecular weight is 537 g/mol. The first-order valence-electron chi connectivity index (χ1n) is 11.9. The number of anilines is 2. The number of amides is 3. The second-order valence-electron chi connectivity index (χ2n) is 8.36. The molecule has 3 amide bonds. The van der Waals surface area contributed by atoms with Gasteiger partial charge in [0.1, 0.15) is 11.5 Å². The first-order chi connectivity index (χ1) is 18.2. The van der Waals surface area contributed by atoms with Crippen LogP contribution in [0.5, 0.6) is 11.5 Å². The topological polar surface area (TPSA) is 118 Å². The van der Waals surface area contributed by atoms with E-state index in [-0.39, 0.29) is 12.5 Å². The molecule has 198 valence electrons. The van der Waals surface area contributed by atoms with Gasteiger partial charge in [-0.05, 0) is 74.4 Å². The number of carbonyl (C=O) groups excluding carboxylic acids is 3. The predicted octanol–water partition coefficient (Wildman–Crippen LogP) is 4.85. The van der Waals surface area contributed by atoms with Crippen LogP contribution in [0.25, 0.3) is 0 Å². The Morgan fingerprint density at radius 3 is 2.39 bits per heavy atom. The summed E-state index contributed by atoms with van der Waals surface area (Å²) in [6, 6.07) is 17.1. The molecule has 0 atom stereocenters. The molecule has 0 bridgehead atoms. The van der Waals surface area contributed by atoms with Gasteiger partial charge in [0, 0.05) is 22.0 Å². The Kier molecular flexibility index (Phi) is 10.2. The lowest BCUT2D eigenvalue weighted by atomic mass is 10.1. The van der Waals surface area contributed by atoms with Crippen LogP contribution in [0.15, 0.2) is 65.8 Å². The third kappa shape index (κ3) is 8.63. The Hall–Kier alpha value is -4.37. The van der Waals surface area contributed by atoms with Crippen molar-refractivity contribution in [3.63, 3.8) is 0 Å². The fourth-order valence-corrected chi connectivity index (χ4v) is 3.47. The minimum atomic E-state index is -0.968. The van der Waals surface area contributed by atoms with Crippen LogP contribution in [-0.4, -0.2) is 37.1 Å². The molecule has 10 heteroatoms. The van der Waals surface area contributed by atoms with Crippen LogP contribution < -0.4 is 25.5 Å². The maximum atomic E-state index is 12.4. The van der Waals surface area contributed by atoms with Crippen molar-refractivity contribution in [1.29, 1.82) is 0 Å². The fourth-order valence-electron chi connectivity index (χ4n) is 3.29. The molecule has 9 nitrogen and oxygen atoms in total. The molecular weight excluding hydrogens is 508 g/mol. The summed E-state index contributed by atoms with van der Waals surface area (Å²) in [5.41, 5.74) is 5.73. The van der Waals surface area contributed by atoms with Gasteiger partial charge < -0.3 is 20.1 Å². The number of nitrogens with one attached hydrogen (secondary N) is 3. The van der Waals surface area contributed by atoms with Gasteiger partial charge in [-0.1, -0.05) is 36.2 Å². The first kappa shape index (κ1) is 28.2. The molecule has 0 saturated heterocycles. The number of rotatable bonds is 10. The van der Waals surface area contributed by atoms with E-state index < -0.39 is 11.8 Å². The molecule has 3 rings (SSSR count). The van der Waals surface area contributed by atoms with Crippen LogP contribution in [-0.2, 0) is 14.4 Å². The first-order valence-corrected chi connectivity index (χ1v) is 12.3. The molecule has 3 N–H and O–H groups in total. The van der Waals surface area contributed by atoms with Gasteiger partial charge in [-0.15, -0.1) is 0 Å². The number of halogens is 1. The molecule has 38 heavy (non-hydrogen) atoms. The molecule has 0 radical (unpaired) electrons. The van der Waals surface area contributed by atoms with Crippen LogP contribution in [0.4, 0.5) is 11.4 Å². The number of hydrogen-bond acceptors (Lipinski definition) is 6. The van der Waals surface area contributed by atoms with Gasteiger partial charge in [0.15, 0.2) is 6.61 Å². The summed E-state index contributed by atoms with van der Waals surface area (Å²) in [5.74, 6) is -1.22. The molecule has 3 aromatic rings. The minimum Gasteiger partial charge on any atom is -0.494 e. The van der Waals surface area contributed by atoms with E-state index in [4.69, 9.17) is 21.1 Å². The highest BCUT2D eigenvalue weighted by atomic mass is 35.5. The van der Waals surface area contributed by atoms with Crippen LogP contribution >= 0.6 is 11.6 Å². The Bertz CT molecular complexity index is 1330. The van der Waals surface area contributed by atoms with Crippen LogP contribution in [0.1, 0.15) is 30.0 Å². The summed E-state index contributed by atoms with van der Waals surface area (Å²) < 4.78 is 11.1. The molecule has 0 aliphatic rings. The van der Waals surface area contributed by atoms with E-state index >= 15 is 0 Å². The summed E-state index contributed by atoms with van der Waals surface area (Å²) in [7, 11) is 0. The third-order valence-corrected chi connectivity index (χ3v) is 5.38. The molecule has 0 aromatic heterocycles. The summed E-state index contributed by atoms with van der Waals surface area (Å²) in [4.78, 5) is 36.7. The van der Waals surface area contributed by atoms with Crippen molar-refractivity contribution in [1.82, 2.24) is 5.43 Å². The van der Waals surface area contributed by atoms with Crippen molar-refractivity contribution in [2.75, 3.05) is 23.8 Å². The summed E-state index contributed by atoms with van der Waals surface area (Å²) in [6.45, 7) is 6.22. The normalized spacial score (nSPS) is 10.6. The monoisotopic (exact) mass is 536 g/mol. The molecule has 0 spiro atoms. The van der Waals surface area contributed by atoms with Crippen LogP contribution in [0.2, 0.25) is 5.02 Å². The molecule has 0 heterocycles. The summed E-state index contributed by atoms with van der Waals surface area (Å²) in [5, 5.41) is 9.51. The smallest absolute Gasteiger partial charge is 0.329 e. The Morgan fingerprint density at radius 1 is 0.921 bits per heavy atom. The third-order valence-electron chi connectivity index (χ3n) is 5.15. The zero-order valence-electron chi connectivity index (χ0n) is 21.3. The van der Waals surface area contributed by atoms with Gasteiger partial charge in [0.05, 0.1) is 12.8 Å². The Morgan fingerprint density at radius 2 is 1.68 bits per heavy atom. The Balaban J connectivity index is 1.54. The lowest BCUT2D eigenvalue weighted by Crippen LogP contribution is -2.32. The van der Waals surface area contributed by atoms with E-state index in [0.717, 1.165) is 17.5 Å². The quantitative estimate of drug-likeness (QED) is 0.194. The zero-order valence-corrected chi connectivity index (χ0v) is 22.1. The van der Waals surface area contributed by atoms with E-state index in [1.165, 1.54) is 6.21 Å². The zero-order chi connectivity index (χ0) is 27.5. The number of hydrogen-bond donors (Lipinski definition) is 3. The number of ether oxygens (including phenoxy) is 2. The van der Waals surface area contributed by atoms with Gasteiger partial charge in [-0.2, -0.15) is 5.10 Å². The van der Waals surface area contributed by atoms with Crippen LogP contribution in [0, 0.1) is 13.8 Å². The van der Waals surface area contributed by atoms with Gasteiger partial charge >= 0.3 is 11.8 Å². The molecule has 0 aliphatic carbocycles. The van der Waals surface area contributed by atoms with Gasteiger partial charge in [0.2, 0.25) is 0 Å². The number of carbonyl (C=O) groups is 3. The van der Waals surface area contributed by atoms with Crippen molar-refractivity contribution in [3.05, 3.63) is 82.4 Å². The van der Waals surface area contributed by atoms with E-state index in [2.05, 4.69) is 21.2 Å². The van der Waals surface area contributed by atoms with Crippen LogP contribution in [0.3, 0.4) is 0 Å². The summed E-state index contributed by atoms with van der Waals surface area (Å²) >= 11 is 6.08. The minimum absolute atomic E-state index is 0.257. The van der Waals surface area contributed by atoms with Gasteiger partial charge in [0.25, 0.3) is 5.91 Å². The van der Waals surface area contributed by atoms with Gasteiger partial charge in [-0.25, -0.2) is 5.43 Å². The van der Waals surface area contributed by atoms with E-state index in [1.54, 1.807) is 42.5 Å². The molecule has 3 aromatic carbocycles. The molecular formula is C28H29ClN4O5. The highest BCUT2D eigenvalue weighted by Crippen LogP contribution is 2.22. The second-order valence-corrected chi connectivity index (χ2v) is 8.80. The predicted molar refractivity (Wildman–Crippen MR) is 148 cm³/mol. The molecule has 0 fully saturated rings. The van der Waals surface area contributed by atoms with E-state index in [0.29, 0.717) is 40.1 Å². The molecule has 0 saturated carbocycles. The van der Waals surface area contributed by atoms with Gasteiger partial charge in [-0.3, -0.25) is 14.4 Å². The van der Waals surface area contributed by atoms with E-state index in [1.807, 2.05) is 39.0 Å². The lowest BCUT2D eigenvalue weighted by molar-refractivity contribution is -0.136. The standard InChI is InChI=1S/C28H29ClN4O5/c1-4-13-37-23-9-7-22(8-10-23)31-27(35)28(36)33-30-16-20-15-21(29)6-12-25(20)38-17-26(34)32-24-11-5-18(2)14-19(24)3/h5-12,14-16H,4,13,17H2,1-3H3,(H,31,35)(H,32,34)(H,33,36)/b30-16-. The van der Waals surface area contributed by atoms with Crippen molar-refractivity contribution in [2.24, 2.45) is 5.10 Å². The largest absolute Gasteiger partial charge is 0.494 e. The molecule has 0 aliphatic heterocycles. The maximum Gasteiger partial charge on any atom is 0.329 e. The number of nitrogens with zero attached hydrogens (tertiary/aromatic N) is 1. The number of benzene rings is 3.